The van der Waals surface area contributed by atoms with E-state index in [0.717, 1.165) is 22.3 Å². The maximum Gasteiger partial charge on any atom is 0.235 e. The Morgan fingerprint density at radius 1 is 0.941 bits per heavy atom. The topological polar surface area (TPSA) is 116 Å². The number of carbonyl (C=O) groups excluding carboxylic acids is 1. The minimum absolute atomic E-state index is 0.0208. The smallest absolute Gasteiger partial charge is 0.235 e. The molecule has 3 rings (SSSR count). The van der Waals surface area contributed by atoms with Gasteiger partial charge in [-0.05, 0) is 39.9 Å². The first-order chi connectivity index (χ1) is 16.4. The van der Waals surface area contributed by atoms with Gasteiger partial charge in [-0.1, -0.05) is 60.7 Å². The fourth-order valence-corrected chi connectivity index (χ4v) is 4.70. The molecule has 1 amide bonds. The van der Waals surface area contributed by atoms with Gasteiger partial charge in [0.25, 0.3) is 0 Å². The van der Waals surface area contributed by atoms with Crippen LogP contribution < -0.4 is 5.32 Å². The van der Waals surface area contributed by atoms with Gasteiger partial charge in [-0.3, -0.25) is 4.79 Å². The van der Waals surface area contributed by atoms with Gasteiger partial charge in [-0.25, -0.2) is 8.42 Å². The molecule has 0 aliphatic rings. The van der Waals surface area contributed by atoms with Gasteiger partial charge < -0.3 is 15.2 Å². The quantitative estimate of drug-likeness (QED) is 0.438. The highest BCUT2D eigenvalue weighted by Crippen LogP contribution is 2.24. The molecule has 0 heterocycles. The average Bonchev–Trinajstić information content (AvgIpc) is 2.83. The largest absolute Gasteiger partial charge is 0.395 e. The molecule has 0 fully saturated rings. The molecule has 0 aliphatic carbocycles. The molecule has 0 spiro atoms. The van der Waals surface area contributed by atoms with E-state index >= 15 is 0 Å². The van der Waals surface area contributed by atoms with Gasteiger partial charge in [0, 0.05) is 6.54 Å². The summed E-state index contributed by atoms with van der Waals surface area (Å²) in [7, 11) is -3.64. The van der Waals surface area contributed by atoms with Crippen molar-refractivity contribution in [2.24, 2.45) is 0 Å². The van der Waals surface area contributed by atoms with E-state index < -0.39 is 21.5 Å². The van der Waals surface area contributed by atoms with Gasteiger partial charge in [0.1, 0.15) is 5.75 Å². The Hall–Kier alpha value is -3.51. The van der Waals surface area contributed by atoms with E-state index in [0.29, 0.717) is 24.3 Å². The van der Waals surface area contributed by atoms with Crippen LogP contribution in [0.15, 0.2) is 72.8 Å². The Morgan fingerprint density at radius 2 is 1.65 bits per heavy atom. The third-order valence-corrected chi connectivity index (χ3v) is 6.53. The second-order valence-corrected chi connectivity index (χ2v) is 9.83. The number of nitrogens with zero attached hydrogens (tertiary/aromatic N) is 1. The van der Waals surface area contributed by atoms with E-state index in [9.17, 15) is 18.5 Å². The maximum atomic E-state index is 12.3. The maximum absolute atomic E-state index is 12.3. The van der Waals surface area contributed by atoms with Gasteiger partial charge in [-0.15, -0.1) is 0 Å². The molecule has 2 N–H and O–H groups in total. The molecular formula is C26H26N2O5S. The number of nitriles is 1. The monoisotopic (exact) mass is 478 g/mol. The van der Waals surface area contributed by atoms with Crippen LogP contribution in [0.5, 0.6) is 0 Å². The van der Waals surface area contributed by atoms with E-state index in [1.54, 1.807) is 18.2 Å². The van der Waals surface area contributed by atoms with Crippen LogP contribution in [-0.2, 0) is 38.3 Å². The molecule has 176 valence electrons. The number of carbonyl (C=O) groups is 1. The minimum atomic E-state index is -3.64. The lowest BCUT2D eigenvalue weighted by molar-refractivity contribution is -0.118. The zero-order valence-corrected chi connectivity index (χ0v) is 19.4. The van der Waals surface area contributed by atoms with Crippen LogP contribution in [0.3, 0.4) is 0 Å². The molecule has 8 heteroatoms. The standard InChI is InChI=1S/C26H26N2O5S/c27-15-24-11-10-23(14-25(24)17-33-16-20-4-2-1-3-5-20)22-8-6-21(7-9-22)18-34(31,32)19-26(30)28-12-13-29/h1-11,14,29H,12-13,16-19H2,(H,28,30). The zero-order chi connectivity index (χ0) is 24.4. The average molecular weight is 479 g/mol. The van der Waals surface area contributed by atoms with Crippen LogP contribution in [0.4, 0.5) is 0 Å². The Balaban J connectivity index is 1.67. The number of nitrogens with one attached hydrogen (secondary N) is 1. The number of hydrogen-bond acceptors (Lipinski definition) is 6. The number of amides is 1. The van der Waals surface area contributed by atoms with Gasteiger partial charge in [0.05, 0.1) is 37.2 Å². The third kappa shape index (κ3) is 7.52. The zero-order valence-electron chi connectivity index (χ0n) is 18.6. The fourth-order valence-electron chi connectivity index (χ4n) is 3.40. The van der Waals surface area contributed by atoms with Crippen LogP contribution in [0, 0.1) is 11.3 Å². The molecule has 3 aromatic rings. The van der Waals surface area contributed by atoms with E-state index in [4.69, 9.17) is 9.84 Å². The molecule has 34 heavy (non-hydrogen) atoms. The molecule has 0 unspecified atom stereocenters. The highest BCUT2D eigenvalue weighted by atomic mass is 32.2. The second kappa shape index (κ2) is 12.1. The van der Waals surface area contributed by atoms with Gasteiger partial charge in [0.2, 0.25) is 5.91 Å². The molecule has 7 nitrogen and oxygen atoms in total. The molecule has 0 atom stereocenters. The van der Waals surface area contributed by atoms with E-state index in [1.165, 1.54) is 0 Å². The van der Waals surface area contributed by atoms with Crippen LogP contribution >= 0.6 is 0 Å². The lowest BCUT2D eigenvalue weighted by atomic mass is 9.99. The summed E-state index contributed by atoms with van der Waals surface area (Å²) in [5.41, 5.74) is 4.69. The normalized spacial score (nSPS) is 11.1. The first kappa shape index (κ1) is 25.1. The fraction of sp³-hybridized carbons (Fsp3) is 0.231. The lowest BCUT2D eigenvalue weighted by Gasteiger charge is -2.10. The molecule has 0 bridgehead atoms. The van der Waals surface area contributed by atoms with Gasteiger partial charge >= 0.3 is 0 Å². The van der Waals surface area contributed by atoms with E-state index in [-0.39, 0.29) is 18.9 Å². The number of sulfone groups is 1. The van der Waals surface area contributed by atoms with Crippen LogP contribution in [0.1, 0.15) is 22.3 Å². The highest BCUT2D eigenvalue weighted by molar-refractivity contribution is 7.91. The van der Waals surface area contributed by atoms with Crippen LogP contribution in [0.25, 0.3) is 11.1 Å². The molecule has 0 aromatic heterocycles. The predicted octanol–water partition coefficient (Wildman–Crippen LogP) is 2.97. The summed E-state index contributed by atoms with van der Waals surface area (Å²) in [6.07, 6.45) is 0. The summed E-state index contributed by atoms with van der Waals surface area (Å²) in [6, 6.07) is 24.5. The molecular weight excluding hydrogens is 452 g/mol. The number of rotatable bonds is 11. The summed E-state index contributed by atoms with van der Waals surface area (Å²) >= 11 is 0. The number of aliphatic hydroxyl groups is 1. The number of hydrogen-bond donors (Lipinski definition) is 2. The Labute approximate surface area is 199 Å². The highest BCUT2D eigenvalue weighted by Gasteiger charge is 2.17. The minimum Gasteiger partial charge on any atom is -0.395 e. The molecule has 0 radical (unpaired) electrons. The summed E-state index contributed by atoms with van der Waals surface area (Å²) < 4.78 is 30.4. The predicted molar refractivity (Wildman–Crippen MR) is 129 cm³/mol. The summed E-state index contributed by atoms with van der Waals surface area (Å²) in [5.74, 6) is -1.52. The SMILES string of the molecule is N#Cc1ccc(-c2ccc(CS(=O)(=O)CC(=O)NCCO)cc2)cc1COCc1ccccc1. The number of ether oxygens (including phenoxy) is 1. The van der Waals surface area contributed by atoms with Gasteiger partial charge in [0.15, 0.2) is 9.84 Å². The van der Waals surface area contributed by atoms with Crippen molar-refractivity contribution in [2.45, 2.75) is 19.0 Å². The Morgan fingerprint density at radius 3 is 2.32 bits per heavy atom. The van der Waals surface area contributed by atoms with Crippen molar-refractivity contribution in [1.29, 1.82) is 5.26 Å². The van der Waals surface area contributed by atoms with Crippen molar-refractivity contribution in [1.82, 2.24) is 5.32 Å². The Kier molecular flexibility index (Phi) is 8.93. The first-order valence-corrected chi connectivity index (χ1v) is 12.5. The Bertz CT molecular complexity index is 1250. The summed E-state index contributed by atoms with van der Waals surface area (Å²) in [5, 5.41) is 20.5. The van der Waals surface area contributed by atoms with Crippen molar-refractivity contribution in [3.05, 3.63) is 95.1 Å². The number of benzene rings is 3. The van der Waals surface area contributed by atoms with Crippen molar-refractivity contribution in [2.75, 3.05) is 18.9 Å². The molecule has 0 aliphatic heterocycles. The van der Waals surface area contributed by atoms with Crippen molar-refractivity contribution < 1.29 is 23.1 Å². The second-order valence-electron chi connectivity index (χ2n) is 7.76. The van der Waals surface area contributed by atoms with Gasteiger partial charge in [-0.2, -0.15) is 5.26 Å². The van der Waals surface area contributed by atoms with E-state index in [1.807, 2.05) is 54.6 Å². The first-order valence-electron chi connectivity index (χ1n) is 10.7. The summed E-state index contributed by atoms with van der Waals surface area (Å²) in [4.78, 5) is 11.7. The third-order valence-electron chi connectivity index (χ3n) is 5.05. The van der Waals surface area contributed by atoms with Crippen LogP contribution in [-0.4, -0.2) is 38.3 Å². The van der Waals surface area contributed by atoms with Crippen molar-refractivity contribution >= 4 is 15.7 Å². The van der Waals surface area contributed by atoms with Crippen molar-refractivity contribution in [3.8, 4) is 17.2 Å². The summed E-state index contributed by atoms with van der Waals surface area (Å²) in [6.45, 7) is 0.508. The lowest BCUT2D eigenvalue weighted by Crippen LogP contribution is -2.32. The number of aliphatic hydroxyl groups excluding tert-OH is 1. The van der Waals surface area contributed by atoms with Crippen molar-refractivity contribution in [3.63, 3.8) is 0 Å². The molecule has 0 saturated heterocycles. The van der Waals surface area contributed by atoms with Crippen LogP contribution in [0.2, 0.25) is 0 Å². The van der Waals surface area contributed by atoms with E-state index in [2.05, 4.69) is 11.4 Å². The molecule has 3 aromatic carbocycles. The molecule has 0 saturated carbocycles.